The van der Waals surface area contributed by atoms with E-state index in [0.717, 1.165) is 17.8 Å². The van der Waals surface area contributed by atoms with Crippen LogP contribution in [0.25, 0.3) is 0 Å². The van der Waals surface area contributed by atoms with Gasteiger partial charge in [0.05, 0.1) is 20.8 Å². The first-order valence-electron chi connectivity index (χ1n) is 8.13. The maximum Gasteiger partial charge on any atom is 0.167 e. The first-order chi connectivity index (χ1) is 12.1. The normalized spacial score (nSPS) is 10.4. The van der Waals surface area contributed by atoms with E-state index in [1.807, 2.05) is 49.5 Å². The standard InChI is InChI=1S/C20H25NO4/c1-21(11-12-23-2)17-8-6-16(7-9-17)18(22)13-15-5-10-19(24-3)20(14-15)25-4/h5-10,14H,11-13H2,1-4H3. The minimum Gasteiger partial charge on any atom is -0.493 e. The fraction of sp³-hybridized carbons (Fsp3) is 0.350. The van der Waals surface area contributed by atoms with E-state index < -0.39 is 0 Å². The number of carbonyl (C=O) groups is 1. The molecule has 0 N–H and O–H groups in total. The summed E-state index contributed by atoms with van der Waals surface area (Å²) in [5.74, 6) is 1.35. The number of Topliss-reactive ketones (excluding diaryl/α,β-unsaturated/α-hetero) is 1. The van der Waals surface area contributed by atoms with Crippen molar-refractivity contribution < 1.29 is 19.0 Å². The van der Waals surface area contributed by atoms with Crippen molar-refractivity contribution in [2.45, 2.75) is 6.42 Å². The molecule has 134 valence electrons. The van der Waals surface area contributed by atoms with Gasteiger partial charge in [-0.15, -0.1) is 0 Å². The van der Waals surface area contributed by atoms with Gasteiger partial charge in [-0.25, -0.2) is 0 Å². The van der Waals surface area contributed by atoms with Crippen molar-refractivity contribution in [1.29, 1.82) is 0 Å². The van der Waals surface area contributed by atoms with Gasteiger partial charge in [0.1, 0.15) is 0 Å². The summed E-state index contributed by atoms with van der Waals surface area (Å²) in [4.78, 5) is 14.6. The summed E-state index contributed by atoms with van der Waals surface area (Å²) in [6.45, 7) is 1.46. The van der Waals surface area contributed by atoms with Gasteiger partial charge in [0, 0.05) is 38.4 Å². The lowest BCUT2D eigenvalue weighted by atomic mass is 10.0. The average molecular weight is 343 g/mol. The van der Waals surface area contributed by atoms with Crippen LogP contribution in [0.4, 0.5) is 5.69 Å². The lowest BCUT2D eigenvalue weighted by molar-refractivity contribution is 0.0993. The molecule has 0 aliphatic rings. The van der Waals surface area contributed by atoms with Crippen molar-refractivity contribution in [3.8, 4) is 11.5 Å². The summed E-state index contributed by atoms with van der Waals surface area (Å²) in [6.07, 6.45) is 0.319. The van der Waals surface area contributed by atoms with Gasteiger partial charge in [0.15, 0.2) is 17.3 Å². The molecule has 5 heteroatoms. The van der Waals surface area contributed by atoms with Crippen molar-refractivity contribution in [2.75, 3.05) is 46.4 Å². The summed E-state index contributed by atoms with van der Waals surface area (Å²) in [6, 6.07) is 13.2. The quantitative estimate of drug-likeness (QED) is 0.654. The predicted octanol–water partition coefficient (Wildman–Crippen LogP) is 3.21. The molecule has 0 bridgehead atoms. The van der Waals surface area contributed by atoms with E-state index in [1.54, 1.807) is 21.3 Å². The van der Waals surface area contributed by atoms with Crippen LogP contribution in [0.3, 0.4) is 0 Å². The SMILES string of the molecule is COCCN(C)c1ccc(C(=O)Cc2ccc(OC)c(OC)c2)cc1. The largest absolute Gasteiger partial charge is 0.493 e. The van der Waals surface area contributed by atoms with Crippen molar-refractivity contribution in [1.82, 2.24) is 0 Å². The molecule has 0 amide bonds. The zero-order valence-corrected chi connectivity index (χ0v) is 15.2. The van der Waals surface area contributed by atoms with Gasteiger partial charge in [-0.1, -0.05) is 6.07 Å². The second kappa shape index (κ2) is 9.08. The summed E-state index contributed by atoms with van der Waals surface area (Å²) in [5, 5.41) is 0. The van der Waals surface area contributed by atoms with E-state index in [0.29, 0.717) is 30.1 Å². The van der Waals surface area contributed by atoms with E-state index in [-0.39, 0.29) is 5.78 Å². The highest BCUT2D eigenvalue weighted by molar-refractivity contribution is 5.97. The van der Waals surface area contributed by atoms with Crippen LogP contribution in [0.1, 0.15) is 15.9 Å². The average Bonchev–Trinajstić information content (AvgIpc) is 2.66. The van der Waals surface area contributed by atoms with Crippen LogP contribution in [0, 0.1) is 0 Å². The number of rotatable bonds is 9. The Kier molecular flexibility index (Phi) is 6.83. The second-order valence-corrected chi connectivity index (χ2v) is 5.75. The molecule has 0 atom stereocenters. The van der Waals surface area contributed by atoms with Gasteiger partial charge < -0.3 is 19.1 Å². The number of likely N-dealkylation sites (N-methyl/N-ethyl adjacent to an activating group) is 1. The Bertz CT molecular complexity index is 697. The third-order valence-electron chi connectivity index (χ3n) is 4.07. The monoisotopic (exact) mass is 343 g/mol. The summed E-state index contributed by atoms with van der Waals surface area (Å²) in [5.41, 5.74) is 2.64. The zero-order valence-electron chi connectivity index (χ0n) is 15.2. The number of nitrogens with zero attached hydrogens (tertiary/aromatic N) is 1. The molecule has 0 fully saturated rings. The van der Waals surface area contributed by atoms with Crippen LogP contribution in [0.5, 0.6) is 11.5 Å². The van der Waals surface area contributed by atoms with Gasteiger partial charge in [0.25, 0.3) is 0 Å². The number of benzene rings is 2. The Morgan fingerprint density at radius 2 is 1.64 bits per heavy atom. The van der Waals surface area contributed by atoms with E-state index in [9.17, 15) is 4.79 Å². The van der Waals surface area contributed by atoms with Crippen LogP contribution in [0.15, 0.2) is 42.5 Å². The Labute approximate surface area is 149 Å². The van der Waals surface area contributed by atoms with E-state index in [2.05, 4.69) is 4.90 Å². The third-order valence-corrected chi connectivity index (χ3v) is 4.07. The lowest BCUT2D eigenvalue weighted by Gasteiger charge is -2.18. The first kappa shape index (κ1) is 18.8. The van der Waals surface area contributed by atoms with Crippen LogP contribution < -0.4 is 14.4 Å². The maximum atomic E-state index is 12.5. The highest BCUT2D eigenvalue weighted by Gasteiger charge is 2.11. The van der Waals surface area contributed by atoms with Crippen molar-refractivity contribution in [2.24, 2.45) is 0 Å². The Morgan fingerprint density at radius 1 is 0.960 bits per heavy atom. The van der Waals surface area contributed by atoms with E-state index in [1.165, 1.54) is 0 Å². The molecule has 2 rings (SSSR count). The lowest BCUT2D eigenvalue weighted by Crippen LogP contribution is -2.21. The molecule has 0 saturated heterocycles. The molecule has 2 aromatic carbocycles. The van der Waals surface area contributed by atoms with Crippen molar-refractivity contribution in [3.05, 3.63) is 53.6 Å². The van der Waals surface area contributed by atoms with E-state index in [4.69, 9.17) is 14.2 Å². The number of ketones is 1. The van der Waals surface area contributed by atoms with E-state index >= 15 is 0 Å². The molecular formula is C20H25NO4. The predicted molar refractivity (Wildman–Crippen MR) is 99.2 cm³/mol. The van der Waals surface area contributed by atoms with Gasteiger partial charge >= 0.3 is 0 Å². The molecule has 0 heterocycles. The fourth-order valence-corrected chi connectivity index (χ4v) is 2.54. The molecular weight excluding hydrogens is 318 g/mol. The Hall–Kier alpha value is -2.53. The van der Waals surface area contributed by atoms with Crippen LogP contribution in [0.2, 0.25) is 0 Å². The molecule has 2 aromatic rings. The number of methoxy groups -OCH3 is 3. The number of hydrogen-bond acceptors (Lipinski definition) is 5. The Balaban J connectivity index is 2.06. The van der Waals surface area contributed by atoms with Crippen LogP contribution in [-0.2, 0) is 11.2 Å². The number of carbonyl (C=O) groups excluding carboxylic acids is 1. The number of ether oxygens (including phenoxy) is 3. The fourth-order valence-electron chi connectivity index (χ4n) is 2.54. The molecule has 0 unspecified atom stereocenters. The molecule has 5 nitrogen and oxygen atoms in total. The molecule has 0 spiro atoms. The third kappa shape index (κ3) is 4.97. The summed E-state index contributed by atoms with van der Waals surface area (Å²) < 4.78 is 15.6. The second-order valence-electron chi connectivity index (χ2n) is 5.75. The molecule has 0 saturated carbocycles. The topological polar surface area (TPSA) is 48.0 Å². The molecule has 0 aromatic heterocycles. The highest BCUT2D eigenvalue weighted by atomic mass is 16.5. The first-order valence-corrected chi connectivity index (χ1v) is 8.13. The summed E-state index contributed by atoms with van der Waals surface area (Å²) in [7, 11) is 6.86. The molecule has 25 heavy (non-hydrogen) atoms. The van der Waals surface area contributed by atoms with Crippen molar-refractivity contribution in [3.63, 3.8) is 0 Å². The maximum absolute atomic E-state index is 12.5. The van der Waals surface area contributed by atoms with Gasteiger partial charge in [-0.05, 0) is 42.0 Å². The Morgan fingerprint density at radius 3 is 2.24 bits per heavy atom. The minimum atomic E-state index is 0.0679. The molecule has 0 aliphatic heterocycles. The number of anilines is 1. The molecule has 0 radical (unpaired) electrons. The summed E-state index contributed by atoms with van der Waals surface area (Å²) >= 11 is 0. The van der Waals surface area contributed by atoms with Gasteiger partial charge in [-0.2, -0.15) is 0 Å². The molecule has 0 aliphatic carbocycles. The van der Waals surface area contributed by atoms with Crippen LogP contribution in [-0.4, -0.2) is 47.3 Å². The van der Waals surface area contributed by atoms with Gasteiger partial charge in [-0.3, -0.25) is 4.79 Å². The zero-order chi connectivity index (χ0) is 18.2. The highest BCUT2D eigenvalue weighted by Crippen LogP contribution is 2.28. The minimum absolute atomic E-state index is 0.0679. The smallest absolute Gasteiger partial charge is 0.167 e. The van der Waals surface area contributed by atoms with Crippen LogP contribution >= 0.6 is 0 Å². The van der Waals surface area contributed by atoms with Gasteiger partial charge in [0.2, 0.25) is 0 Å². The van der Waals surface area contributed by atoms with Crippen molar-refractivity contribution >= 4 is 11.5 Å². The number of hydrogen-bond donors (Lipinski definition) is 0.